The van der Waals surface area contributed by atoms with Crippen LogP contribution in [0.15, 0.2) is 59.4 Å². The maximum Gasteiger partial charge on any atom is 0.303 e. The SMILES string of the molecule is CC(=O)OCc1nc2cc(C)c(CN(C)c3ccc(C(=O)NCc4cccc([N+](=O)[O-])c4)c(F)c3)cc2c(=O)[nH]1. The highest BCUT2D eigenvalue weighted by Gasteiger charge is 2.16. The predicted octanol–water partition coefficient (Wildman–Crippen LogP) is 3.91. The summed E-state index contributed by atoms with van der Waals surface area (Å²) in [6, 6.07) is 13.5. The minimum atomic E-state index is -0.725. The van der Waals surface area contributed by atoms with Gasteiger partial charge in [-0.2, -0.15) is 0 Å². The molecule has 0 atom stereocenters. The molecule has 0 radical (unpaired) electrons. The summed E-state index contributed by atoms with van der Waals surface area (Å²) in [6.07, 6.45) is 0. The number of fused-ring (bicyclic) bond motifs is 1. The number of carbonyl (C=O) groups excluding carboxylic acids is 2. The molecule has 4 rings (SSSR count). The van der Waals surface area contributed by atoms with E-state index in [0.29, 0.717) is 28.7 Å². The van der Waals surface area contributed by atoms with Crippen LogP contribution < -0.4 is 15.8 Å². The van der Waals surface area contributed by atoms with E-state index in [-0.39, 0.29) is 35.8 Å². The Hall–Kier alpha value is -5.13. The number of halogens is 1. The number of H-pyrrole nitrogens is 1. The van der Waals surface area contributed by atoms with Crippen LogP contribution in [0.4, 0.5) is 15.8 Å². The van der Waals surface area contributed by atoms with Crippen molar-refractivity contribution in [2.75, 3.05) is 11.9 Å². The number of hydrogen-bond donors (Lipinski definition) is 2. The van der Waals surface area contributed by atoms with Crippen molar-refractivity contribution < 1.29 is 23.6 Å². The van der Waals surface area contributed by atoms with E-state index in [1.165, 1.54) is 37.3 Å². The van der Waals surface area contributed by atoms with E-state index in [1.54, 1.807) is 36.2 Å². The van der Waals surface area contributed by atoms with Crippen molar-refractivity contribution in [3.8, 4) is 0 Å². The molecule has 2 N–H and O–H groups in total. The zero-order valence-corrected chi connectivity index (χ0v) is 22.0. The number of non-ortho nitro benzene ring substituents is 1. The molecule has 1 amide bonds. The molecular weight excluding hydrogens is 521 g/mol. The zero-order chi connectivity index (χ0) is 29.0. The average Bonchev–Trinajstić information content (AvgIpc) is 2.91. The number of anilines is 1. The van der Waals surface area contributed by atoms with Gasteiger partial charge in [0.2, 0.25) is 0 Å². The second-order valence-electron chi connectivity index (χ2n) is 9.22. The summed E-state index contributed by atoms with van der Waals surface area (Å²) < 4.78 is 19.8. The number of nitro groups is 1. The summed E-state index contributed by atoms with van der Waals surface area (Å²) in [7, 11) is 1.76. The number of aromatic amines is 1. The molecule has 0 saturated carbocycles. The highest BCUT2D eigenvalue weighted by atomic mass is 19.1. The van der Waals surface area contributed by atoms with Crippen LogP contribution in [0, 0.1) is 22.9 Å². The minimum absolute atomic E-state index is 0.00207. The number of hydrogen-bond acceptors (Lipinski definition) is 8. The van der Waals surface area contributed by atoms with E-state index in [0.717, 1.165) is 11.1 Å². The fraction of sp³-hybridized carbons (Fsp3) is 0.214. The number of benzene rings is 3. The second kappa shape index (κ2) is 11.7. The van der Waals surface area contributed by atoms with Crippen LogP contribution in [-0.2, 0) is 29.2 Å². The number of aryl methyl sites for hydroxylation is 1. The molecule has 0 saturated heterocycles. The van der Waals surface area contributed by atoms with E-state index in [1.807, 2.05) is 6.92 Å². The number of nitrogens with zero attached hydrogens (tertiary/aromatic N) is 3. The van der Waals surface area contributed by atoms with E-state index in [2.05, 4.69) is 15.3 Å². The van der Waals surface area contributed by atoms with Crippen molar-refractivity contribution in [3.63, 3.8) is 0 Å². The van der Waals surface area contributed by atoms with Crippen LogP contribution in [0.3, 0.4) is 0 Å². The lowest BCUT2D eigenvalue weighted by molar-refractivity contribution is -0.384. The van der Waals surface area contributed by atoms with Gasteiger partial charge in [-0.05, 0) is 53.9 Å². The van der Waals surface area contributed by atoms with Crippen LogP contribution in [-0.4, -0.2) is 33.8 Å². The molecule has 0 aliphatic rings. The molecule has 206 valence electrons. The highest BCUT2D eigenvalue weighted by Crippen LogP contribution is 2.23. The number of aromatic nitrogens is 2. The molecule has 0 unspecified atom stereocenters. The molecule has 40 heavy (non-hydrogen) atoms. The number of ether oxygens (including phenoxy) is 1. The third-order valence-corrected chi connectivity index (χ3v) is 6.24. The van der Waals surface area contributed by atoms with Gasteiger partial charge in [0.15, 0.2) is 0 Å². The first-order valence-electron chi connectivity index (χ1n) is 12.2. The fourth-order valence-electron chi connectivity index (χ4n) is 4.12. The Balaban J connectivity index is 1.47. The summed E-state index contributed by atoms with van der Waals surface area (Å²) in [5, 5.41) is 13.9. The topological polar surface area (TPSA) is 148 Å². The Morgan fingerprint density at radius 3 is 2.65 bits per heavy atom. The Labute approximate surface area is 227 Å². The van der Waals surface area contributed by atoms with Crippen LogP contribution in [0.5, 0.6) is 0 Å². The molecular formula is C28H26FN5O6. The molecule has 0 bridgehead atoms. The minimum Gasteiger partial charge on any atom is -0.458 e. The van der Waals surface area contributed by atoms with Gasteiger partial charge < -0.3 is 19.9 Å². The lowest BCUT2D eigenvalue weighted by Crippen LogP contribution is -2.24. The third-order valence-electron chi connectivity index (χ3n) is 6.24. The van der Waals surface area contributed by atoms with Crippen molar-refractivity contribution in [1.82, 2.24) is 15.3 Å². The van der Waals surface area contributed by atoms with Crippen LogP contribution in [0.25, 0.3) is 10.9 Å². The maximum absolute atomic E-state index is 14.9. The van der Waals surface area contributed by atoms with E-state index in [4.69, 9.17) is 4.74 Å². The standard InChI is InChI=1S/C28H26FN5O6/c1-16-9-25-23(28(37)32-26(31-25)15-40-17(2)35)11-19(16)14-33(3)20-7-8-22(24(29)12-20)27(36)30-13-18-5-4-6-21(10-18)34(38)39/h4-12H,13-15H2,1-3H3,(H,30,36)(H,31,32,37). The van der Waals surface area contributed by atoms with Crippen molar-refractivity contribution in [2.45, 2.75) is 33.5 Å². The van der Waals surface area contributed by atoms with Crippen LogP contribution >= 0.6 is 0 Å². The fourth-order valence-corrected chi connectivity index (χ4v) is 4.12. The summed E-state index contributed by atoms with van der Waals surface area (Å²) in [5.41, 5.74) is 2.52. The van der Waals surface area contributed by atoms with Crippen molar-refractivity contribution >= 4 is 34.2 Å². The van der Waals surface area contributed by atoms with Gasteiger partial charge in [-0.1, -0.05) is 12.1 Å². The molecule has 4 aromatic rings. The van der Waals surface area contributed by atoms with Gasteiger partial charge in [-0.15, -0.1) is 0 Å². The number of carbonyl (C=O) groups is 2. The molecule has 1 aromatic heterocycles. The number of nitrogens with one attached hydrogen (secondary N) is 2. The first-order chi connectivity index (χ1) is 19.0. The largest absolute Gasteiger partial charge is 0.458 e. The molecule has 12 heteroatoms. The summed E-state index contributed by atoms with van der Waals surface area (Å²) in [5.74, 6) is -1.62. The number of rotatable bonds is 9. The molecule has 0 spiro atoms. The summed E-state index contributed by atoms with van der Waals surface area (Å²) in [6.45, 7) is 3.34. The van der Waals surface area contributed by atoms with Crippen LogP contribution in [0.1, 0.15) is 39.8 Å². The Kier molecular flexibility index (Phi) is 8.18. The Bertz CT molecular complexity index is 1690. The van der Waals surface area contributed by atoms with Gasteiger partial charge in [0.1, 0.15) is 18.2 Å². The van der Waals surface area contributed by atoms with Crippen LogP contribution in [0.2, 0.25) is 0 Å². The molecule has 0 fully saturated rings. The van der Waals surface area contributed by atoms with E-state index in [9.17, 15) is 28.9 Å². The van der Waals surface area contributed by atoms with Gasteiger partial charge in [0.25, 0.3) is 17.2 Å². The van der Waals surface area contributed by atoms with Gasteiger partial charge in [0.05, 0.1) is 21.4 Å². The Morgan fingerprint density at radius 2 is 1.95 bits per heavy atom. The Morgan fingerprint density at radius 1 is 1.18 bits per heavy atom. The monoisotopic (exact) mass is 547 g/mol. The molecule has 1 heterocycles. The van der Waals surface area contributed by atoms with Gasteiger partial charge >= 0.3 is 5.97 Å². The maximum atomic E-state index is 14.9. The third kappa shape index (κ3) is 6.46. The lowest BCUT2D eigenvalue weighted by atomic mass is 10.0. The summed E-state index contributed by atoms with van der Waals surface area (Å²) >= 11 is 0. The van der Waals surface area contributed by atoms with E-state index >= 15 is 0 Å². The van der Waals surface area contributed by atoms with Crippen molar-refractivity contribution in [3.05, 3.63) is 109 Å². The van der Waals surface area contributed by atoms with Gasteiger partial charge in [-0.3, -0.25) is 24.5 Å². The normalized spacial score (nSPS) is 10.8. The predicted molar refractivity (Wildman–Crippen MR) is 145 cm³/mol. The molecule has 11 nitrogen and oxygen atoms in total. The average molecular weight is 548 g/mol. The number of nitro benzene ring substituents is 1. The van der Waals surface area contributed by atoms with Gasteiger partial charge in [0, 0.05) is 44.9 Å². The highest BCUT2D eigenvalue weighted by molar-refractivity contribution is 5.94. The lowest BCUT2D eigenvalue weighted by Gasteiger charge is -2.21. The van der Waals surface area contributed by atoms with Gasteiger partial charge in [-0.25, -0.2) is 9.37 Å². The first-order valence-corrected chi connectivity index (χ1v) is 12.2. The van der Waals surface area contributed by atoms with E-state index < -0.39 is 22.6 Å². The van der Waals surface area contributed by atoms with Crippen molar-refractivity contribution in [2.24, 2.45) is 0 Å². The smallest absolute Gasteiger partial charge is 0.303 e. The number of amides is 1. The molecule has 3 aromatic carbocycles. The molecule has 0 aliphatic heterocycles. The van der Waals surface area contributed by atoms with Crippen molar-refractivity contribution in [1.29, 1.82) is 0 Å². The summed E-state index contributed by atoms with van der Waals surface area (Å²) in [4.78, 5) is 55.4. The second-order valence-corrected chi connectivity index (χ2v) is 9.22. The zero-order valence-electron chi connectivity index (χ0n) is 22.0. The quantitative estimate of drug-likeness (QED) is 0.182. The molecule has 0 aliphatic carbocycles. The number of esters is 1. The first kappa shape index (κ1) is 27.9.